The first-order valence-electron chi connectivity index (χ1n) is 8.67. The second-order valence-electron chi connectivity index (χ2n) is 6.37. The van der Waals surface area contributed by atoms with Crippen molar-refractivity contribution in [3.63, 3.8) is 0 Å². The highest BCUT2D eigenvalue weighted by Gasteiger charge is 2.22. The lowest BCUT2D eigenvalue weighted by atomic mass is 10.3. The topological polar surface area (TPSA) is 48.5 Å². The van der Waals surface area contributed by atoms with Crippen LogP contribution in [0.3, 0.4) is 0 Å². The fourth-order valence-electron chi connectivity index (χ4n) is 3.09. The number of carbonyl (C=O) groups is 1. The van der Waals surface area contributed by atoms with Crippen molar-refractivity contribution in [2.75, 3.05) is 42.9 Å². The van der Waals surface area contributed by atoms with Crippen molar-refractivity contribution in [2.45, 2.75) is 0 Å². The van der Waals surface area contributed by atoms with E-state index in [1.165, 1.54) is 4.70 Å². The third kappa shape index (κ3) is 4.19. The van der Waals surface area contributed by atoms with E-state index < -0.39 is 0 Å². The summed E-state index contributed by atoms with van der Waals surface area (Å²) in [4.78, 5) is 21.5. The minimum absolute atomic E-state index is 0.113. The van der Waals surface area contributed by atoms with E-state index in [0.29, 0.717) is 22.3 Å². The number of halogens is 2. The van der Waals surface area contributed by atoms with E-state index in [4.69, 9.17) is 28.2 Å². The Bertz CT molecular complexity index is 916. The molecule has 2 aromatic carbocycles. The SMILES string of the molecule is O=C(CN1CCN(c2nc3ccccc3s2)CC1)Nc1c(Cl)cccc1Cl. The molecule has 0 atom stereocenters. The summed E-state index contributed by atoms with van der Waals surface area (Å²) >= 11 is 13.9. The number of hydrogen-bond donors (Lipinski definition) is 1. The summed E-state index contributed by atoms with van der Waals surface area (Å²) in [5, 5.41) is 4.75. The van der Waals surface area contributed by atoms with Crippen molar-refractivity contribution in [2.24, 2.45) is 0 Å². The van der Waals surface area contributed by atoms with Gasteiger partial charge in [-0.1, -0.05) is 52.7 Å². The molecule has 0 spiro atoms. The molecule has 0 radical (unpaired) electrons. The zero-order chi connectivity index (χ0) is 18.8. The Balaban J connectivity index is 1.33. The number of nitrogens with one attached hydrogen (secondary N) is 1. The van der Waals surface area contributed by atoms with E-state index in [1.807, 2.05) is 18.2 Å². The number of piperazine rings is 1. The number of anilines is 2. The minimum atomic E-state index is -0.113. The molecule has 1 aromatic heterocycles. The predicted octanol–water partition coefficient (Wildman–Crippen LogP) is 4.36. The lowest BCUT2D eigenvalue weighted by Gasteiger charge is -2.34. The molecule has 27 heavy (non-hydrogen) atoms. The molecule has 8 heteroatoms. The maximum Gasteiger partial charge on any atom is 0.238 e. The van der Waals surface area contributed by atoms with Crippen LogP contribution >= 0.6 is 34.5 Å². The van der Waals surface area contributed by atoms with E-state index in [1.54, 1.807) is 29.5 Å². The molecule has 0 bridgehead atoms. The summed E-state index contributed by atoms with van der Waals surface area (Å²) in [5.41, 5.74) is 1.51. The van der Waals surface area contributed by atoms with Crippen LogP contribution in [0.25, 0.3) is 10.2 Å². The van der Waals surface area contributed by atoms with Gasteiger partial charge in [-0.3, -0.25) is 9.69 Å². The Hall–Kier alpha value is -1.86. The molecule has 140 valence electrons. The van der Waals surface area contributed by atoms with Gasteiger partial charge in [0.2, 0.25) is 5.91 Å². The molecular formula is C19H18Cl2N4OS. The van der Waals surface area contributed by atoms with Gasteiger partial charge in [0.05, 0.1) is 32.5 Å². The summed E-state index contributed by atoms with van der Waals surface area (Å²) in [6, 6.07) is 13.3. The maximum atomic E-state index is 12.4. The van der Waals surface area contributed by atoms with Gasteiger partial charge < -0.3 is 10.2 Å². The van der Waals surface area contributed by atoms with Gasteiger partial charge in [-0.25, -0.2) is 4.98 Å². The monoisotopic (exact) mass is 420 g/mol. The van der Waals surface area contributed by atoms with Gasteiger partial charge in [-0.05, 0) is 24.3 Å². The third-order valence-electron chi connectivity index (χ3n) is 4.52. The fourth-order valence-corrected chi connectivity index (χ4v) is 4.60. The number of amides is 1. The summed E-state index contributed by atoms with van der Waals surface area (Å²) in [7, 11) is 0. The van der Waals surface area contributed by atoms with E-state index in [9.17, 15) is 4.79 Å². The van der Waals surface area contributed by atoms with Crippen LogP contribution in [0.2, 0.25) is 10.0 Å². The number of rotatable bonds is 4. The molecule has 5 nitrogen and oxygen atoms in total. The molecule has 0 aliphatic carbocycles. The van der Waals surface area contributed by atoms with Crippen LogP contribution in [-0.2, 0) is 4.79 Å². The molecule has 1 saturated heterocycles. The van der Waals surface area contributed by atoms with Gasteiger partial charge in [0.1, 0.15) is 0 Å². The van der Waals surface area contributed by atoms with Crippen molar-refractivity contribution in [1.82, 2.24) is 9.88 Å². The van der Waals surface area contributed by atoms with E-state index in [2.05, 4.69) is 21.2 Å². The van der Waals surface area contributed by atoms with Crippen LogP contribution in [0.1, 0.15) is 0 Å². The van der Waals surface area contributed by atoms with E-state index >= 15 is 0 Å². The summed E-state index contributed by atoms with van der Waals surface area (Å²) in [6.45, 7) is 3.62. The van der Waals surface area contributed by atoms with Crippen LogP contribution < -0.4 is 10.2 Å². The van der Waals surface area contributed by atoms with Crippen molar-refractivity contribution in [1.29, 1.82) is 0 Å². The van der Waals surface area contributed by atoms with Gasteiger partial charge in [0.15, 0.2) is 5.13 Å². The van der Waals surface area contributed by atoms with Crippen molar-refractivity contribution >= 4 is 61.5 Å². The molecule has 1 aliphatic rings. The number of hydrogen-bond acceptors (Lipinski definition) is 5. The molecule has 2 heterocycles. The lowest BCUT2D eigenvalue weighted by molar-refractivity contribution is -0.117. The van der Waals surface area contributed by atoms with Gasteiger partial charge in [-0.2, -0.15) is 0 Å². The molecule has 1 amide bonds. The average molecular weight is 421 g/mol. The Morgan fingerprint density at radius 3 is 2.44 bits per heavy atom. The molecule has 4 rings (SSSR count). The second-order valence-corrected chi connectivity index (χ2v) is 8.20. The normalized spacial score (nSPS) is 15.3. The number of aromatic nitrogens is 1. The quantitative estimate of drug-likeness (QED) is 0.680. The lowest BCUT2D eigenvalue weighted by Crippen LogP contribution is -2.48. The first-order chi connectivity index (χ1) is 13.1. The number of nitrogens with zero attached hydrogens (tertiary/aromatic N) is 3. The number of thiazole rings is 1. The molecule has 3 aromatic rings. The van der Waals surface area contributed by atoms with Crippen molar-refractivity contribution in [3.8, 4) is 0 Å². The first-order valence-corrected chi connectivity index (χ1v) is 10.2. The summed E-state index contributed by atoms with van der Waals surface area (Å²) in [6.07, 6.45) is 0. The highest BCUT2D eigenvalue weighted by Crippen LogP contribution is 2.30. The van der Waals surface area contributed by atoms with Gasteiger partial charge in [0.25, 0.3) is 0 Å². The van der Waals surface area contributed by atoms with Crippen LogP contribution in [0, 0.1) is 0 Å². The smallest absolute Gasteiger partial charge is 0.238 e. The van der Waals surface area contributed by atoms with E-state index in [-0.39, 0.29) is 5.91 Å². The molecule has 0 unspecified atom stereocenters. The number of benzene rings is 2. The number of para-hydroxylation sites is 2. The Kier molecular flexibility index (Phi) is 5.50. The maximum absolute atomic E-state index is 12.4. The molecule has 1 aliphatic heterocycles. The fraction of sp³-hybridized carbons (Fsp3) is 0.263. The highest BCUT2D eigenvalue weighted by molar-refractivity contribution is 7.22. The first kappa shape index (κ1) is 18.5. The van der Waals surface area contributed by atoms with Crippen LogP contribution in [0.5, 0.6) is 0 Å². The molecule has 1 fully saturated rings. The van der Waals surface area contributed by atoms with Gasteiger partial charge in [-0.15, -0.1) is 0 Å². The predicted molar refractivity (Wildman–Crippen MR) is 113 cm³/mol. The largest absolute Gasteiger partial charge is 0.345 e. The van der Waals surface area contributed by atoms with Gasteiger partial charge in [0, 0.05) is 26.2 Å². The Morgan fingerprint density at radius 2 is 1.74 bits per heavy atom. The molecular weight excluding hydrogens is 403 g/mol. The van der Waals surface area contributed by atoms with Crippen molar-refractivity contribution in [3.05, 3.63) is 52.5 Å². The summed E-state index contributed by atoms with van der Waals surface area (Å²) in [5.74, 6) is -0.113. The Morgan fingerprint density at radius 1 is 1.04 bits per heavy atom. The minimum Gasteiger partial charge on any atom is -0.345 e. The van der Waals surface area contributed by atoms with Crippen molar-refractivity contribution < 1.29 is 4.79 Å². The summed E-state index contributed by atoms with van der Waals surface area (Å²) < 4.78 is 1.20. The molecule has 0 saturated carbocycles. The molecule has 1 N–H and O–H groups in total. The van der Waals surface area contributed by atoms with Crippen LogP contribution in [-0.4, -0.2) is 48.5 Å². The average Bonchev–Trinajstić information content (AvgIpc) is 3.10. The number of carbonyl (C=O) groups excluding carboxylic acids is 1. The third-order valence-corrected chi connectivity index (χ3v) is 6.25. The van der Waals surface area contributed by atoms with Gasteiger partial charge >= 0.3 is 0 Å². The second kappa shape index (κ2) is 8.02. The number of fused-ring (bicyclic) bond motifs is 1. The highest BCUT2D eigenvalue weighted by atomic mass is 35.5. The zero-order valence-corrected chi connectivity index (χ0v) is 16.8. The Labute approximate surface area is 171 Å². The van der Waals surface area contributed by atoms with Crippen LogP contribution in [0.4, 0.5) is 10.8 Å². The zero-order valence-electron chi connectivity index (χ0n) is 14.5. The standard InChI is InChI=1S/C19H18Cl2N4OS/c20-13-4-3-5-14(21)18(13)23-17(26)12-24-8-10-25(11-9-24)19-22-15-6-1-2-7-16(15)27-19/h1-7H,8-12H2,(H,23,26). The van der Waals surface area contributed by atoms with E-state index in [0.717, 1.165) is 36.8 Å². The van der Waals surface area contributed by atoms with Crippen LogP contribution in [0.15, 0.2) is 42.5 Å².